The summed E-state index contributed by atoms with van der Waals surface area (Å²) < 4.78 is 15.9. The molecule has 0 amide bonds. The number of carbonyl (C=O) groups is 1. The van der Waals surface area contributed by atoms with E-state index in [9.17, 15) is 10.1 Å². The summed E-state index contributed by atoms with van der Waals surface area (Å²) in [7, 11) is 1.59. The molecule has 0 atom stereocenters. The lowest BCUT2D eigenvalue weighted by Crippen LogP contribution is -2.14. The first-order valence-electron chi connectivity index (χ1n) is 9.09. The average Bonchev–Trinajstić information content (AvgIpc) is 3.40. The molecule has 2 heterocycles. The highest BCUT2D eigenvalue weighted by molar-refractivity contribution is 5.78. The van der Waals surface area contributed by atoms with Gasteiger partial charge in [-0.25, -0.2) is 0 Å². The fraction of sp³-hybridized carbons (Fsp3) is 0.238. The van der Waals surface area contributed by atoms with Crippen LogP contribution in [0.3, 0.4) is 0 Å². The smallest absolute Gasteiger partial charge is 0.270 e. The monoisotopic (exact) mass is 390 g/mol. The van der Waals surface area contributed by atoms with Crippen molar-refractivity contribution in [3.8, 4) is 23.3 Å². The lowest BCUT2D eigenvalue weighted by Gasteiger charge is -2.13. The first kappa shape index (κ1) is 18.7. The van der Waals surface area contributed by atoms with E-state index in [2.05, 4.69) is 16.2 Å². The van der Waals surface area contributed by atoms with Crippen molar-refractivity contribution in [1.82, 2.24) is 10.1 Å². The number of nitrogens with zero attached hydrogens (tertiary/aromatic N) is 4. The van der Waals surface area contributed by atoms with E-state index in [-0.39, 0.29) is 0 Å². The van der Waals surface area contributed by atoms with Crippen molar-refractivity contribution in [2.24, 2.45) is 0 Å². The molecule has 1 aliphatic heterocycles. The zero-order valence-corrected chi connectivity index (χ0v) is 15.8. The van der Waals surface area contributed by atoms with Gasteiger partial charge < -0.3 is 18.9 Å². The number of hydrogen-bond donors (Lipinski definition) is 0. The second-order valence-electron chi connectivity index (χ2n) is 6.47. The Hall–Kier alpha value is -3.70. The van der Waals surface area contributed by atoms with Gasteiger partial charge in [-0.2, -0.15) is 10.2 Å². The summed E-state index contributed by atoms with van der Waals surface area (Å²) in [5.41, 5.74) is 3.70. The third-order valence-electron chi connectivity index (χ3n) is 4.68. The SMILES string of the molecule is COCCOc1ccc(-c2nc(N3CCc4cc(C=O)ccc43)no2)cc1C#N. The lowest BCUT2D eigenvalue weighted by molar-refractivity contribution is 0.112. The van der Waals surface area contributed by atoms with E-state index in [1.54, 1.807) is 31.4 Å². The van der Waals surface area contributed by atoms with Crippen LogP contribution in [0.2, 0.25) is 0 Å². The van der Waals surface area contributed by atoms with Gasteiger partial charge in [0.05, 0.1) is 12.2 Å². The molecule has 3 aromatic rings. The normalized spacial score (nSPS) is 12.5. The highest BCUT2D eigenvalue weighted by Gasteiger charge is 2.25. The largest absolute Gasteiger partial charge is 0.490 e. The van der Waals surface area contributed by atoms with Crippen LogP contribution in [0, 0.1) is 11.3 Å². The highest BCUT2D eigenvalue weighted by Crippen LogP contribution is 2.34. The van der Waals surface area contributed by atoms with Gasteiger partial charge in [0.1, 0.15) is 24.7 Å². The fourth-order valence-electron chi connectivity index (χ4n) is 3.26. The number of aldehydes is 1. The van der Waals surface area contributed by atoms with E-state index < -0.39 is 0 Å². The third kappa shape index (κ3) is 3.68. The summed E-state index contributed by atoms with van der Waals surface area (Å²) in [4.78, 5) is 17.4. The number of carbonyl (C=O) groups excluding carboxylic acids is 1. The van der Waals surface area contributed by atoms with E-state index in [0.29, 0.717) is 54.0 Å². The standard InChI is InChI=1S/C21H18N4O4/c1-27-8-9-28-19-5-3-16(11-17(19)12-22)20-23-21(24-29-20)25-7-6-15-10-14(13-26)2-4-18(15)25/h2-5,10-11,13H,6-9H2,1H3. The minimum absolute atomic E-state index is 0.318. The van der Waals surface area contributed by atoms with Gasteiger partial charge in [0.15, 0.2) is 0 Å². The molecule has 0 saturated heterocycles. The van der Waals surface area contributed by atoms with Crippen molar-refractivity contribution in [2.45, 2.75) is 6.42 Å². The van der Waals surface area contributed by atoms with Crippen molar-refractivity contribution in [2.75, 3.05) is 31.8 Å². The quantitative estimate of drug-likeness (QED) is 0.448. The number of anilines is 2. The van der Waals surface area contributed by atoms with Crippen LogP contribution in [-0.4, -0.2) is 43.3 Å². The molecule has 2 aromatic carbocycles. The summed E-state index contributed by atoms with van der Waals surface area (Å²) in [5.74, 6) is 1.24. The summed E-state index contributed by atoms with van der Waals surface area (Å²) in [6.45, 7) is 1.49. The summed E-state index contributed by atoms with van der Waals surface area (Å²) in [5, 5.41) is 13.5. The van der Waals surface area contributed by atoms with E-state index in [1.165, 1.54) is 0 Å². The fourth-order valence-corrected chi connectivity index (χ4v) is 3.26. The van der Waals surface area contributed by atoms with Gasteiger partial charge in [-0.15, -0.1) is 0 Å². The van der Waals surface area contributed by atoms with Crippen molar-refractivity contribution in [3.63, 3.8) is 0 Å². The summed E-state index contributed by atoms with van der Waals surface area (Å²) in [6, 6.07) is 12.8. The van der Waals surface area contributed by atoms with E-state index in [1.807, 2.05) is 17.0 Å². The Balaban J connectivity index is 1.57. The van der Waals surface area contributed by atoms with Crippen molar-refractivity contribution >= 4 is 17.9 Å². The molecule has 1 aliphatic rings. The maximum absolute atomic E-state index is 11.0. The van der Waals surface area contributed by atoms with Gasteiger partial charge in [-0.1, -0.05) is 0 Å². The molecule has 8 heteroatoms. The van der Waals surface area contributed by atoms with Crippen LogP contribution in [0.15, 0.2) is 40.9 Å². The van der Waals surface area contributed by atoms with Gasteiger partial charge in [0.2, 0.25) is 0 Å². The van der Waals surface area contributed by atoms with Crippen LogP contribution in [0.5, 0.6) is 5.75 Å². The molecule has 0 N–H and O–H groups in total. The molecule has 0 spiro atoms. The van der Waals surface area contributed by atoms with E-state index in [4.69, 9.17) is 14.0 Å². The summed E-state index contributed by atoms with van der Waals surface area (Å²) in [6.07, 6.45) is 1.64. The molecule has 0 unspecified atom stereocenters. The number of benzene rings is 2. The molecule has 146 valence electrons. The molecule has 0 aliphatic carbocycles. The van der Waals surface area contributed by atoms with Crippen LogP contribution < -0.4 is 9.64 Å². The second-order valence-corrected chi connectivity index (χ2v) is 6.47. The number of aromatic nitrogens is 2. The Bertz CT molecular complexity index is 1090. The van der Waals surface area contributed by atoms with E-state index in [0.717, 1.165) is 24.0 Å². The number of rotatable bonds is 7. The van der Waals surface area contributed by atoms with Gasteiger partial charge in [-0.3, -0.25) is 4.79 Å². The van der Waals surface area contributed by atoms with Gasteiger partial charge in [0, 0.05) is 30.5 Å². The first-order valence-corrected chi connectivity index (χ1v) is 9.09. The Morgan fingerprint density at radius 3 is 2.97 bits per heavy atom. The van der Waals surface area contributed by atoms with Crippen LogP contribution >= 0.6 is 0 Å². The van der Waals surface area contributed by atoms with Crippen LogP contribution in [0.4, 0.5) is 11.6 Å². The van der Waals surface area contributed by atoms with Crippen LogP contribution in [0.25, 0.3) is 11.5 Å². The molecular weight excluding hydrogens is 372 g/mol. The van der Waals surface area contributed by atoms with Crippen molar-refractivity contribution < 1.29 is 18.8 Å². The molecule has 8 nitrogen and oxygen atoms in total. The Morgan fingerprint density at radius 1 is 1.28 bits per heavy atom. The minimum atomic E-state index is 0.318. The Kier molecular flexibility index (Phi) is 5.22. The van der Waals surface area contributed by atoms with Gasteiger partial charge >= 0.3 is 0 Å². The predicted molar refractivity (Wildman–Crippen MR) is 104 cm³/mol. The van der Waals surface area contributed by atoms with Crippen LogP contribution in [0.1, 0.15) is 21.5 Å². The molecular formula is C21H18N4O4. The average molecular weight is 390 g/mol. The minimum Gasteiger partial charge on any atom is -0.490 e. The number of nitriles is 1. The maximum atomic E-state index is 11.0. The highest BCUT2D eigenvalue weighted by atomic mass is 16.5. The zero-order chi connectivity index (χ0) is 20.2. The summed E-state index contributed by atoms with van der Waals surface area (Å²) >= 11 is 0. The predicted octanol–water partition coefficient (Wildman–Crippen LogP) is 3.14. The Morgan fingerprint density at radius 2 is 2.17 bits per heavy atom. The third-order valence-corrected chi connectivity index (χ3v) is 4.68. The van der Waals surface area contributed by atoms with Gasteiger partial charge in [0.25, 0.3) is 11.8 Å². The van der Waals surface area contributed by atoms with Gasteiger partial charge in [-0.05, 0) is 53.5 Å². The molecule has 4 rings (SSSR count). The number of ether oxygens (including phenoxy) is 2. The van der Waals surface area contributed by atoms with Crippen LogP contribution in [-0.2, 0) is 11.2 Å². The van der Waals surface area contributed by atoms with E-state index >= 15 is 0 Å². The molecule has 0 bridgehead atoms. The molecule has 29 heavy (non-hydrogen) atoms. The topological polar surface area (TPSA) is 101 Å². The molecule has 0 fully saturated rings. The number of hydrogen-bond acceptors (Lipinski definition) is 8. The maximum Gasteiger partial charge on any atom is 0.270 e. The second kappa shape index (κ2) is 8.12. The number of fused-ring (bicyclic) bond motifs is 1. The lowest BCUT2D eigenvalue weighted by atomic mass is 10.1. The number of methoxy groups -OCH3 is 1. The Labute approximate surface area is 167 Å². The van der Waals surface area contributed by atoms with Crippen molar-refractivity contribution in [3.05, 3.63) is 53.1 Å². The molecule has 1 aromatic heterocycles. The molecule has 0 saturated carbocycles. The zero-order valence-electron chi connectivity index (χ0n) is 15.8. The van der Waals surface area contributed by atoms with Crippen molar-refractivity contribution in [1.29, 1.82) is 5.26 Å². The first-order chi connectivity index (χ1) is 14.2. The molecule has 0 radical (unpaired) electrons.